The number of hydrogen-bond acceptors (Lipinski definition) is 9. The number of nitrogens with zero attached hydrogens (tertiary/aromatic N) is 1. The van der Waals surface area contributed by atoms with Gasteiger partial charge in [-0.15, -0.1) is 0 Å². The van der Waals surface area contributed by atoms with Crippen molar-refractivity contribution in [2.45, 2.75) is 82.2 Å². The molecule has 56 heavy (non-hydrogen) atoms. The molecular formula is C47H49NO8. The van der Waals surface area contributed by atoms with Crippen molar-refractivity contribution in [1.82, 2.24) is 5.16 Å². The van der Waals surface area contributed by atoms with Gasteiger partial charge in [0.1, 0.15) is 30.5 Å². The highest BCUT2D eigenvalue weighted by Gasteiger charge is 2.49. The number of rotatable bonds is 20. The molecule has 1 aliphatic rings. The van der Waals surface area contributed by atoms with E-state index in [2.05, 4.69) is 5.16 Å². The first kappa shape index (κ1) is 39.3. The van der Waals surface area contributed by atoms with Crippen molar-refractivity contribution in [1.29, 1.82) is 0 Å². The zero-order chi connectivity index (χ0) is 38.2. The molecule has 290 valence electrons. The van der Waals surface area contributed by atoms with E-state index in [0.717, 1.165) is 27.8 Å². The van der Waals surface area contributed by atoms with Crippen molar-refractivity contribution in [2.24, 2.45) is 0 Å². The molecule has 1 fully saturated rings. The maximum absolute atomic E-state index is 12.1. The van der Waals surface area contributed by atoms with Gasteiger partial charge in [0.05, 0.1) is 58.0 Å². The van der Waals surface area contributed by atoms with Gasteiger partial charge in [-0.2, -0.15) is 0 Å². The minimum atomic E-state index is -1.07. The normalized spacial score (nSPS) is 20.7. The van der Waals surface area contributed by atoms with Gasteiger partial charge in [0.15, 0.2) is 5.76 Å². The highest BCUT2D eigenvalue weighted by Crippen LogP contribution is 2.35. The van der Waals surface area contributed by atoms with Gasteiger partial charge < -0.3 is 38.1 Å². The van der Waals surface area contributed by atoms with Gasteiger partial charge in [0.25, 0.3) is 0 Å². The van der Waals surface area contributed by atoms with Crippen molar-refractivity contribution < 1.29 is 38.1 Å². The number of aromatic nitrogens is 1. The van der Waals surface area contributed by atoms with Crippen molar-refractivity contribution >= 4 is 0 Å². The highest BCUT2D eigenvalue weighted by molar-refractivity contribution is 5.17. The van der Waals surface area contributed by atoms with E-state index in [1.165, 1.54) is 0 Å². The summed E-state index contributed by atoms with van der Waals surface area (Å²) >= 11 is 0. The standard InChI is InChI=1S/C47H49NO8/c49-40(44(41-26-27-48-56-41)51-30-36-18-8-2-9-19-36)28-42-45(52-31-37-20-10-3-11-21-37)47(54-33-39-24-14-5-15-25-39)46(53-32-38-22-12-4-13-23-38)43(55-42)34-50-29-35-16-6-1-7-17-35/h1-27,40,42-47,49H,28-34H2/t40-,42+,43-,44-,45+,46-,47-/m1/s1. The lowest BCUT2D eigenvalue weighted by Gasteiger charge is -2.47. The molecule has 7 atom stereocenters. The molecule has 1 saturated heterocycles. The predicted octanol–water partition coefficient (Wildman–Crippen LogP) is 8.42. The van der Waals surface area contributed by atoms with Crippen LogP contribution in [0.5, 0.6) is 0 Å². The maximum atomic E-state index is 12.1. The van der Waals surface area contributed by atoms with Crippen LogP contribution in [0, 0.1) is 0 Å². The molecule has 0 spiro atoms. The Morgan fingerprint density at radius 3 is 1.39 bits per heavy atom. The molecule has 2 heterocycles. The Morgan fingerprint density at radius 2 is 0.929 bits per heavy atom. The molecule has 5 aromatic carbocycles. The summed E-state index contributed by atoms with van der Waals surface area (Å²) in [5.41, 5.74) is 5.03. The molecular weight excluding hydrogens is 707 g/mol. The Bertz CT molecular complexity index is 1930. The van der Waals surface area contributed by atoms with Crippen molar-refractivity contribution in [2.75, 3.05) is 6.61 Å². The van der Waals surface area contributed by atoms with Gasteiger partial charge in [0, 0.05) is 12.5 Å². The van der Waals surface area contributed by atoms with E-state index in [4.69, 9.17) is 32.9 Å². The molecule has 7 rings (SSSR count). The molecule has 1 N–H and O–H groups in total. The van der Waals surface area contributed by atoms with Crippen LogP contribution in [0.4, 0.5) is 0 Å². The summed E-state index contributed by atoms with van der Waals surface area (Å²) in [4.78, 5) is 0. The van der Waals surface area contributed by atoms with Crippen molar-refractivity contribution in [3.8, 4) is 0 Å². The molecule has 0 amide bonds. The van der Waals surface area contributed by atoms with Gasteiger partial charge in [0.2, 0.25) is 0 Å². The molecule has 0 saturated carbocycles. The lowest BCUT2D eigenvalue weighted by atomic mass is 9.90. The largest absolute Gasteiger partial charge is 0.390 e. The van der Waals surface area contributed by atoms with Crippen LogP contribution < -0.4 is 0 Å². The Labute approximate surface area is 328 Å². The second-order valence-corrected chi connectivity index (χ2v) is 13.9. The minimum Gasteiger partial charge on any atom is -0.390 e. The molecule has 1 aromatic heterocycles. The Morgan fingerprint density at radius 1 is 0.500 bits per heavy atom. The van der Waals surface area contributed by atoms with E-state index >= 15 is 0 Å². The number of aliphatic hydroxyl groups is 1. The van der Waals surface area contributed by atoms with Crippen LogP contribution in [0.15, 0.2) is 168 Å². The molecule has 6 aromatic rings. The molecule has 0 radical (unpaired) electrons. The number of ether oxygens (including phenoxy) is 6. The summed E-state index contributed by atoms with van der Waals surface area (Å²) < 4.78 is 45.8. The van der Waals surface area contributed by atoms with Crippen LogP contribution in [-0.2, 0) is 61.5 Å². The summed E-state index contributed by atoms with van der Waals surface area (Å²) in [5, 5.41) is 16.0. The fourth-order valence-corrected chi connectivity index (χ4v) is 6.95. The smallest absolute Gasteiger partial charge is 0.168 e. The highest BCUT2D eigenvalue weighted by atomic mass is 16.6. The third-order valence-electron chi connectivity index (χ3n) is 9.81. The maximum Gasteiger partial charge on any atom is 0.168 e. The second kappa shape index (κ2) is 20.8. The van der Waals surface area contributed by atoms with Crippen LogP contribution in [0.2, 0.25) is 0 Å². The molecule has 9 nitrogen and oxygen atoms in total. The zero-order valence-corrected chi connectivity index (χ0v) is 31.3. The molecule has 0 unspecified atom stereocenters. The van der Waals surface area contributed by atoms with Crippen molar-refractivity contribution in [3.63, 3.8) is 0 Å². The quantitative estimate of drug-likeness (QED) is 0.0823. The molecule has 0 aliphatic carbocycles. The van der Waals surface area contributed by atoms with E-state index in [1.807, 2.05) is 152 Å². The van der Waals surface area contributed by atoms with Crippen LogP contribution in [0.25, 0.3) is 0 Å². The van der Waals surface area contributed by atoms with E-state index in [9.17, 15) is 5.11 Å². The lowest BCUT2D eigenvalue weighted by molar-refractivity contribution is -0.278. The third-order valence-corrected chi connectivity index (χ3v) is 9.81. The summed E-state index contributed by atoms with van der Waals surface area (Å²) in [7, 11) is 0. The fraction of sp³-hybridized carbons (Fsp3) is 0.298. The summed E-state index contributed by atoms with van der Waals surface area (Å²) in [6.07, 6.45) is -3.34. The first-order chi connectivity index (χ1) is 27.7. The first-order valence-corrected chi connectivity index (χ1v) is 19.2. The number of hydrogen-bond donors (Lipinski definition) is 1. The lowest BCUT2D eigenvalue weighted by Crippen LogP contribution is -2.61. The van der Waals surface area contributed by atoms with Crippen LogP contribution in [0.3, 0.4) is 0 Å². The van der Waals surface area contributed by atoms with E-state index in [0.29, 0.717) is 32.2 Å². The van der Waals surface area contributed by atoms with Crippen LogP contribution in [-0.4, -0.2) is 53.5 Å². The van der Waals surface area contributed by atoms with Gasteiger partial charge >= 0.3 is 0 Å². The predicted molar refractivity (Wildman–Crippen MR) is 211 cm³/mol. The van der Waals surface area contributed by atoms with Crippen LogP contribution >= 0.6 is 0 Å². The van der Waals surface area contributed by atoms with Gasteiger partial charge in [-0.1, -0.05) is 157 Å². The second-order valence-electron chi connectivity index (χ2n) is 13.9. The van der Waals surface area contributed by atoms with Crippen molar-refractivity contribution in [3.05, 3.63) is 197 Å². The third kappa shape index (κ3) is 11.3. The topological polar surface area (TPSA) is 102 Å². The summed E-state index contributed by atoms with van der Waals surface area (Å²) in [6, 6.07) is 51.6. The Kier molecular flexibility index (Phi) is 14.6. The fourth-order valence-electron chi connectivity index (χ4n) is 6.95. The average molecular weight is 756 g/mol. The van der Waals surface area contributed by atoms with E-state index < -0.39 is 42.7 Å². The average Bonchev–Trinajstić information content (AvgIpc) is 3.79. The van der Waals surface area contributed by atoms with Gasteiger partial charge in [-0.25, -0.2) is 0 Å². The van der Waals surface area contributed by atoms with E-state index in [-0.39, 0.29) is 19.6 Å². The Hall–Kier alpha value is -4.97. The number of benzene rings is 5. The van der Waals surface area contributed by atoms with Gasteiger partial charge in [-0.3, -0.25) is 0 Å². The minimum absolute atomic E-state index is 0.130. The van der Waals surface area contributed by atoms with Crippen LogP contribution in [0.1, 0.15) is 46.1 Å². The zero-order valence-electron chi connectivity index (χ0n) is 31.3. The molecule has 0 bridgehead atoms. The monoisotopic (exact) mass is 755 g/mol. The van der Waals surface area contributed by atoms with E-state index in [1.54, 1.807) is 12.3 Å². The summed E-state index contributed by atoms with van der Waals surface area (Å²) in [6.45, 7) is 1.81. The SMILES string of the molecule is O[C@H](C[C@@H]1O[C@H](COCc2ccccc2)[C@@H](OCc2ccccc2)[C@H](OCc2ccccc2)[C@H]1OCc1ccccc1)[C@@H](OCc1ccccc1)c1ccno1. The van der Waals surface area contributed by atoms with Gasteiger partial charge in [-0.05, 0) is 27.8 Å². The molecule has 9 heteroatoms. The Balaban J connectivity index is 1.20. The summed E-state index contributed by atoms with van der Waals surface area (Å²) in [5.74, 6) is 0.412. The number of aliphatic hydroxyl groups excluding tert-OH is 1. The molecule has 1 aliphatic heterocycles. The first-order valence-electron chi connectivity index (χ1n) is 19.2.